The number of rotatable bonds is 3. The van der Waals surface area contributed by atoms with Gasteiger partial charge in [0.1, 0.15) is 6.10 Å². The predicted molar refractivity (Wildman–Crippen MR) is 65.7 cm³/mol. The monoisotopic (exact) mass is 228 g/mol. The lowest BCUT2D eigenvalue weighted by Crippen LogP contribution is -2.07. The first kappa shape index (κ1) is 10.5. The zero-order chi connectivity index (χ0) is 11.8. The molecule has 0 aliphatic heterocycles. The Morgan fingerprint density at radius 2 is 2.24 bits per heavy atom. The molecule has 3 heteroatoms. The molecular weight excluding hydrogens is 212 g/mol. The average Bonchev–Trinajstić information content (AvgIpc) is 3.06. The summed E-state index contributed by atoms with van der Waals surface area (Å²) in [4.78, 5) is 4.16. The highest BCUT2D eigenvalue weighted by molar-refractivity contribution is 5.29. The second kappa shape index (κ2) is 4.00. The van der Waals surface area contributed by atoms with Crippen molar-refractivity contribution in [1.82, 2.24) is 9.55 Å². The number of aryl methyl sites for hydroxylation is 1. The number of aromatic nitrogens is 2. The minimum atomic E-state index is -0.571. The Bertz CT molecular complexity index is 529. The Labute approximate surface area is 101 Å². The van der Waals surface area contributed by atoms with E-state index in [0.717, 1.165) is 11.3 Å². The first-order valence-electron chi connectivity index (χ1n) is 6.02. The van der Waals surface area contributed by atoms with Crippen LogP contribution in [-0.2, 0) is 0 Å². The summed E-state index contributed by atoms with van der Waals surface area (Å²) >= 11 is 0. The standard InChI is InChI=1S/C14H16N2O/c1-10-3-2-4-11(7-10)14(17)13-8-15-9-16(13)12-5-6-12/h2-4,7-9,12,14,17H,5-6H2,1H3. The average molecular weight is 228 g/mol. The first-order valence-corrected chi connectivity index (χ1v) is 6.02. The van der Waals surface area contributed by atoms with E-state index in [1.54, 1.807) is 6.20 Å². The van der Waals surface area contributed by atoms with Gasteiger partial charge in [-0.05, 0) is 25.3 Å². The highest BCUT2D eigenvalue weighted by Crippen LogP contribution is 2.37. The van der Waals surface area contributed by atoms with Gasteiger partial charge in [-0.15, -0.1) is 0 Å². The summed E-state index contributed by atoms with van der Waals surface area (Å²) in [5.74, 6) is 0. The summed E-state index contributed by atoms with van der Waals surface area (Å²) in [7, 11) is 0. The van der Waals surface area contributed by atoms with Gasteiger partial charge in [-0.3, -0.25) is 0 Å². The fourth-order valence-corrected chi connectivity index (χ4v) is 2.20. The molecule has 17 heavy (non-hydrogen) atoms. The Kier molecular flexibility index (Phi) is 2.48. The van der Waals surface area contributed by atoms with Crippen molar-refractivity contribution in [2.45, 2.75) is 31.9 Å². The molecule has 1 aromatic heterocycles. The van der Waals surface area contributed by atoms with Crippen LogP contribution in [0.1, 0.15) is 41.8 Å². The quantitative estimate of drug-likeness (QED) is 0.877. The SMILES string of the molecule is Cc1cccc(C(O)c2cncn2C2CC2)c1. The summed E-state index contributed by atoms with van der Waals surface area (Å²) in [6.07, 6.45) is 5.42. The van der Waals surface area contributed by atoms with E-state index < -0.39 is 6.10 Å². The van der Waals surface area contributed by atoms with Gasteiger partial charge in [-0.25, -0.2) is 4.98 Å². The maximum atomic E-state index is 10.4. The van der Waals surface area contributed by atoms with Gasteiger partial charge in [0.25, 0.3) is 0 Å². The molecule has 0 bridgehead atoms. The van der Waals surface area contributed by atoms with Crippen LogP contribution in [-0.4, -0.2) is 14.7 Å². The van der Waals surface area contributed by atoms with Crippen molar-refractivity contribution in [3.63, 3.8) is 0 Å². The van der Waals surface area contributed by atoms with Crippen LogP contribution in [0.5, 0.6) is 0 Å². The Morgan fingerprint density at radius 3 is 2.94 bits per heavy atom. The summed E-state index contributed by atoms with van der Waals surface area (Å²) in [5.41, 5.74) is 3.00. The van der Waals surface area contributed by atoms with Crippen LogP contribution in [0.4, 0.5) is 0 Å². The maximum Gasteiger partial charge on any atom is 0.121 e. The minimum Gasteiger partial charge on any atom is -0.382 e. The summed E-state index contributed by atoms with van der Waals surface area (Å²) in [6, 6.07) is 8.55. The van der Waals surface area contributed by atoms with Gasteiger partial charge in [0.2, 0.25) is 0 Å². The van der Waals surface area contributed by atoms with Crippen LogP contribution in [0.25, 0.3) is 0 Å². The number of benzene rings is 1. The molecular formula is C14H16N2O. The van der Waals surface area contributed by atoms with Gasteiger partial charge in [0.15, 0.2) is 0 Å². The molecule has 1 unspecified atom stereocenters. The van der Waals surface area contributed by atoms with Gasteiger partial charge in [0.05, 0.1) is 18.2 Å². The van der Waals surface area contributed by atoms with E-state index in [2.05, 4.69) is 9.55 Å². The van der Waals surface area contributed by atoms with Crippen LogP contribution in [0.3, 0.4) is 0 Å². The second-order valence-electron chi connectivity index (χ2n) is 4.77. The normalized spacial score (nSPS) is 17.1. The van der Waals surface area contributed by atoms with E-state index in [4.69, 9.17) is 0 Å². The molecule has 1 N–H and O–H groups in total. The molecule has 2 aromatic rings. The van der Waals surface area contributed by atoms with Gasteiger partial charge in [-0.2, -0.15) is 0 Å². The van der Waals surface area contributed by atoms with Crippen molar-refractivity contribution >= 4 is 0 Å². The van der Waals surface area contributed by atoms with Crippen LogP contribution >= 0.6 is 0 Å². The molecule has 0 spiro atoms. The van der Waals surface area contributed by atoms with E-state index in [-0.39, 0.29) is 0 Å². The molecule has 1 fully saturated rings. The van der Waals surface area contributed by atoms with Crippen LogP contribution < -0.4 is 0 Å². The molecule has 3 nitrogen and oxygen atoms in total. The number of imidazole rings is 1. The molecule has 0 saturated heterocycles. The van der Waals surface area contributed by atoms with Gasteiger partial charge in [-0.1, -0.05) is 29.8 Å². The van der Waals surface area contributed by atoms with E-state index in [9.17, 15) is 5.11 Å². The largest absolute Gasteiger partial charge is 0.382 e. The van der Waals surface area contributed by atoms with Crippen molar-refractivity contribution in [2.24, 2.45) is 0 Å². The first-order chi connectivity index (χ1) is 8.25. The summed E-state index contributed by atoms with van der Waals surface area (Å²) < 4.78 is 2.10. The predicted octanol–water partition coefficient (Wildman–Crippen LogP) is 2.61. The number of nitrogens with zero attached hydrogens (tertiary/aromatic N) is 2. The third-order valence-corrected chi connectivity index (χ3v) is 3.27. The van der Waals surface area contributed by atoms with E-state index >= 15 is 0 Å². The minimum absolute atomic E-state index is 0.548. The number of hydrogen-bond donors (Lipinski definition) is 1. The third-order valence-electron chi connectivity index (χ3n) is 3.27. The Balaban J connectivity index is 1.95. The fourth-order valence-electron chi connectivity index (χ4n) is 2.20. The molecule has 3 rings (SSSR count). The molecule has 1 heterocycles. The zero-order valence-electron chi connectivity index (χ0n) is 9.87. The molecule has 1 aliphatic rings. The smallest absolute Gasteiger partial charge is 0.121 e. The molecule has 1 aromatic carbocycles. The molecule has 1 saturated carbocycles. The highest BCUT2D eigenvalue weighted by atomic mass is 16.3. The second-order valence-corrected chi connectivity index (χ2v) is 4.77. The number of aliphatic hydroxyl groups excluding tert-OH is 1. The molecule has 0 radical (unpaired) electrons. The molecule has 1 atom stereocenters. The van der Waals surface area contributed by atoms with Crippen molar-refractivity contribution in [2.75, 3.05) is 0 Å². The van der Waals surface area contributed by atoms with Crippen LogP contribution in [0.15, 0.2) is 36.8 Å². The zero-order valence-corrected chi connectivity index (χ0v) is 9.87. The number of hydrogen-bond acceptors (Lipinski definition) is 2. The van der Waals surface area contributed by atoms with Crippen molar-refractivity contribution < 1.29 is 5.11 Å². The summed E-state index contributed by atoms with van der Waals surface area (Å²) in [6.45, 7) is 2.04. The lowest BCUT2D eigenvalue weighted by Gasteiger charge is -2.14. The topological polar surface area (TPSA) is 38.1 Å². The van der Waals surface area contributed by atoms with Crippen LogP contribution in [0.2, 0.25) is 0 Å². The van der Waals surface area contributed by atoms with Crippen molar-refractivity contribution in [1.29, 1.82) is 0 Å². The van der Waals surface area contributed by atoms with Gasteiger partial charge >= 0.3 is 0 Å². The molecule has 1 aliphatic carbocycles. The van der Waals surface area contributed by atoms with Crippen molar-refractivity contribution in [3.8, 4) is 0 Å². The van der Waals surface area contributed by atoms with E-state index in [1.165, 1.54) is 18.4 Å². The van der Waals surface area contributed by atoms with Gasteiger partial charge in [0, 0.05) is 6.04 Å². The molecule has 88 valence electrons. The third kappa shape index (κ3) is 1.98. The lowest BCUT2D eigenvalue weighted by molar-refractivity contribution is 0.209. The van der Waals surface area contributed by atoms with Crippen molar-refractivity contribution in [3.05, 3.63) is 53.6 Å². The maximum absolute atomic E-state index is 10.4. The van der Waals surface area contributed by atoms with Gasteiger partial charge < -0.3 is 9.67 Å². The van der Waals surface area contributed by atoms with E-state index in [0.29, 0.717) is 6.04 Å². The fraction of sp³-hybridized carbons (Fsp3) is 0.357. The highest BCUT2D eigenvalue weighted by Gasteiger charge is 2.27. The van der Waals surface area contributed by atoms with Crippen LogP contribution in [0, 0.1) is 6.92 Å². The Hall–Kier alpha value is -1.61. The van der Waals surface area contributed by atoms with E-state index in [1.807, 2.05) is 37.5 Å². The summed E-state index contributed by atoms with van der Waals surface area (Å²) in [5, 5.41) is 10.4. The molecule has 0 amide bonds. The lowest BCUT2D eigenvalue weighted by atomic mass is 10.0. The Morgan fingerprint density at radius 1 is 1.41 bits per heavy atom. The number of aliphatic hydroxyl groups is 1.